The molecule has 0 fully saturated rings. The maximum absolute atomic E-state index is 7.50. The van der Waals surface area contributed by atoms with E-state index in [0.29, 0.717) is 0 Å². The summed E-state index contributed by atoms with van der Waals surface area (Å²) in [4.78, 5) is 0. The van der Waals surface area contributed by atoms with Gasteiger partial charge in [-0.3, -0.25) is 0 Å². The van der Waals surface area contributed by atoms with Crippen molar-refractivity contribution < 1.29 is 26.4 Å². The molecule has 0 spiro atoms. The van der Waals surface area contributed by atoms with Crippen LogP contribution in [0.4, 0.5) is 0 Å². The first kappa shape index (κ1) is 27.4. The van der Waals surface area contributed by atoms with Gasteiger partial charge in [-0.25, -0.2) is 12.1 Å². The molecule has 1 radical (unpaired) electrons. The fraction of sp³-hybridized carbons (Fsp3) is 0.0385. The van der Waals surface area contributed by atoms with Crippen molar-refractivity contribution in [2.24, 2.45) is 0 Å². The van der Waals surface area contributed by atoms with Gasteiger partial charge in [-0.1, -0.05) is 61.5 Å². The van der Waals surface area contributed by atoms with Gasteiger partial charge in [-0.2, -0.15) is 17.7 Å². The van der Waals surface area contributed by atoms with Crippen molar-refractivity contribution in [3.8, 4) is 0 Å². The van der Waals surface area contributed by atoms with E-state index in [1.807, 2.05) is 12.1 Å². The SMILES string of the molecule is C[c-]1cccc1.[C-]#[O+].[C-]#[O+].[Mn].c1ccc([PH+](c2ccccc2)c2ccccc2)cc1. The minimum Gasteiger partial charge on any atom is -0.0620 e. The summed E-state index contributed by atoms with van der Waals surface area (Å²) in [6.07, 6.45) is 0. The minimum absolute atomic E-state index is 0. The van der Waals surface area contributed by atoms with E-state index in [9.17, 15) is 0 Å². The second kappa shape index (κ2) is 17.3. The molecule has 4 heteroatoms. The van der Waals surface area contributed by atoms with E-state index in [0.717, 1.165) is 0 Å². The normalized spacial score (nSPS) is 8.60. The van der Waals surface area contributed by atoms with Crippen LogP contribution in [-0.2, 0) is 26.4 Å². The Morgan fingerprint density at radius 2 is 0.800 bits per heavy atom. The van der Waals surface area contributed by atoms with Crippen molar-refractivity contribution in [2.75, 3.05) is 0 Å². The zero-order valence-corrected chi connectivity index (χ0v) is 18.8. The van der Waals surface area contributed by atoms with Crippen LogP contribution >= 0.6 is 7.92 Å². The van der Waals surface area contributed by atoms with Gasteiger partial charge in [0, 0.05) is 17.1 Å². The second-order valence-electron chi connectivity index (χ2n) is 5.94. The van der Waals surface area contributed by atoms with Crippen molar-refractivity contribution in [3.63, 3.8) is 0 Å². The quantitative estimate of drug-likeness (QED) is 0.185. The molecule has 0 aliphatic carbocycles. The zero-order chi connectivity index (χ0) is 21.3. The summed E-state index contributed by atoms with van der Waals surface area (Å²) < 4.78 is 15.0. The van der Waals surface area contributed by atoms with Crippen LogP contribution in [-0.4, -0.2) is 0 Å². The molecule has 2 nitrogen and oxygen atoms in total. The maximum atomic E-state index is 7.50. The molecule has 4 aromatic rings. The number of aryl methyl sites for hydroxylation is 1. The Kier molecular flexibility index (Phi) is 15.8. The van der Waals surface area contributed by atoms with Crippen LogP contribution in [0.2, 0.25) is 0 Å². The Bertz CT molecular complexity index is 835. The van der Waals surface area contributed by atoms with Crippen LogP contribution in [0.1, 0.15) is 5.56 Å². The first-order valence-corrected chi connectivity index (χ1v) is 10.5. The van der Waals surface area contributed by atoms with Crippen molar-refractivity contribution in [1.82, 2.24) is 0 Å². The summed E-state index contributed by atoms with van der Waals surface area (Å²) in [5.41, 5.74) is 1.34. The maximum Gasteiger partial charge on any atom is 0.102 e. The number of hydrogen-bond acceptors (Lipinski definition) is 0. The summed E-state index contributed by atoms with van der Waals surface area (Å²) >= 11 is 0. The molecule has 0 aliphatic heterocycles. The fourth-order valence-corrected chi connectivity index (χ4v) is 5.36. The standard InChI is InChI=1S/C18H15P.C6H7.2CO.Mn/c1-4-10-16(11-5-1)19(17-12-6-2-7-13-17)18-14-8-3-9-15-18;1-6-4-2-3-5-6;2*1-2;/h1-15H;2-5H,1H3;;;/q;-1;;;/p+1. The summed E-state index contributed by atoms with van der Waals surface area (Å²) in [5.74, 6) is 0. The smallest absolute Gasteiger partial charge is 0.0620 e. The van der Waals surface area contributed by atoms with Gasteiger partial charge in [0.25, 0.3) is 0 Å². The summed E-state index contributed by atoms with van der Waals surface area (Å²) in [6.45, 7) is 11.1. The molecule has 0 atom stereocenters. The van der Waals surface area contributed by atoms with Crippen molar-refractivity contribution in [3.05, 3.63) is 134 Å². The molecule has 0 unspecified atom stereocenters. The van der Waals surface area contributed by atoms with Gasteiger partial charge in [-0.15, -0.1) is 0 Å². The topological polar surface area (TPSA) is 39.8 Å². The van der Waals surface area contributed by atoms with Crippen LogP contribution < -0.4 is 15.9 Å². The first-order chi connectivity index (χ1) is 14.3. The predicted molar refractivity (Wildman–Crippen MR) is 121 cm³/mol. The zero-order valence-electron chi connectivity index (χ0n) is 16.7. The van der Waals surface area contributed by atoms with Gasteiger partial charge < -0.3 is 0 Å². The van der Waals surface area contributed by atoms with Crippen molar-refractivity contribution >= 4 is 23.8 Å². The molecule has 0 saturated heterocycles. The third kappa shape index (κ3) is 9.29. The Morgan fingerprint density at radius 3 is 1.00 bits per heavy atom. The van der Waals surface area contributed by atoms with Crippen LogP contribution in [0.3, 0.4) is 0 Å². The van der Waals surface area contributed by atoms with E-state index >= 15 is 0 Å². The summed E-state index contributed by atoms with van der Waals surface area (Å²) in [7, 11) is -0.877. The van der Waals surface area contributed by atoms with Gasteiger partial charge in [0.1, 0.15) is 15.9 Å². The van der Waals surface area contributed by atoms with Gasteiger partial charge in [0.15, 0.2) is 0 Å². The van der Waals surface area contributed by atoms with Crippen molar-refractivity contribution in [2.45, 2.75) is 6.92 Å². The molecular weight excluding hydrogens is 430 g/mol. The van der Waals surface area contributed by atoms with Gasteiger partial charge >= 0.3 is 22.6 Å². The largest absolute Gasteiger partial charge is 0.102 e. The van der Waals surface area contributed by atoms with E-state index < -0.39 is 7.92 Å². The third-order valence-corrected chi connectivity index (χ3v) is 6.75. The van der Waals surface area contributed by atoms with Gasteiger partial charge in [0.05, 0.1) is 7.92 Å². The molecule has 151 valence electrons. The average molecular weight is 453 g/mol. The van der Waals surface area contributed by atoms with E-state index in [1.165, 1.54) is 21.5 Å². The minimum atomic E-state index is -0.877. The second-order valence-corrected chi connectivity index (χ2v) is 8.42. The molecule has 4 aromatic carbocycles. The molecular formula is C26H23MnO2P. The molecule has 0 amide bonds. The molecule has 30 heavy (non-hydrogen) atoms. The molecule has 0 bridgehead atoms. The monoisotopic (exact) mass is 453 g/mol. The summed E-state index contributed by atoms with van der Waals surface area (Å²) in [6, 6.07) is 40.7. The Hall–Kier alpha value is -2.56. The summed E-state index contributed by atoms with van der Waals surface area (Å²) in [5, 5.41) is 4.31. The average Bonchev–Trinajstić information content (AvgIpc) is 3.30. The van der Waals surface area contributed by atoms with Crippen LogP contribution in [0.5, 0.6) is 0 Å². The Labute approximate surface area is 191 Å². The molecule has 0 aromatic heterocycles. The fourth-order valence-electron chi connectivity index (χ4n) is 2.78. The molecule has 0 N–H and O–H groups in total. The third-order valence-electron chi connectivity index (χ3n) is 4.02. The molecule has 0 saturated carbocycles. The number of hydrogen-bond donors (Lipinski definition) is 0. The first-order valence-electron chi connectivity index (χ1n) is 8.97. The number of benzene rings is 3. The Balaban J connectivity index is 0.000000647. The van der Waals surface area contributed by atoms with Gasteiger partial charge in [-0.05, 0) is 36.4 Å². The van der Waals surface area contributed by atoms with Crippen LogP contribution in [0.15, 0.2) is 115 Å². The molecule has 4 rings (SSSR count). The van der Waals surface area contributed by atoms with E-state index in [1.54, 1.807) is 0 Å². The van der Waals surface area contributed by atoms with E-state index in [-0.39, 0.29) is 17.1 Å². The number of rotatable bonds is 3. The predicted octanol–water partition coefficient (Wildman–Crippen LogP) is 4.81. The Morgan fingerprint density at radius 1 is 0.533 bits per heavy atom. The van der Waals surface area contributed by atoms with Crippen LogP contribution in [0, 0.1) is 20.2 Å². The van der Waals surface area contributed by atoms with Gasteiger partial charge in [0.2, 0.25) is 0 Å². The van der Waals surface area contributed by atoms with E-state index in [2.05, 4.69) is 123 Å². The molecule has 0 aliphatic rings. The van der Waals surface area contributed by atoms with Crippen molar-refractivity contribution in [1.29, 1.82) is 0 Å². The van der Waals surface area contributed by atoms with E-state index in [4.69, 9.17) is 9.30 Å². The van der Waals surface area contributed by atoms with Crippen LogP contribution in [0.25, 0.3) is 0 Å². The molecule has 0 heterocycles.